The Bertz CT molecular complexity index is 4050. The fourth-order valence-electron chi connectivity index (χ4n) is 10.5. The van der Waals surface area contributed by atoms with E-state index in [9.17, 15) is 0 Å². The van der Waals surface area contributed by atoms with Crippen molar-refractivity contribution in [2.24, 2.45) is 0 Å². The lowest BCUT2D eigenvalue weighted by Gasteiger charge is -2.15. The molecule has 0 aliphatic carbocycles. The summed E-state index contributed by atoms with van der Waals surface area (Å²) in [5.41, 5.74) is 12.4. The van der Waals surface area contributed by atoms with E-state index in [-0.39, 0.29) is 0 Å². The summed E-state index contributed by atoms with van der Waals surface area (Å²) in [5.74, 6) is 1.82. The average molecular weight is 788 g/mol. The molecule has 1 aliphatic heterocycles. The number of para-hydroxylation sites is 3. The standard InChI is InChI=1S/C57H33N5/c1-3-19-36-34(16-1)18-15-28-44(36)55-58-56(47-32-35-17-2-4-20-37(35)38-21-5-6-22-39(38)47)60-57(59-55)62-50-31-14-11-27-45(50)52-51(62)33-46-42-25-10-13-30-49(42)61-48-29-12-9-24-41(48)40-23-7-8-26-43(40)53(52)54(46)61/h1-33H. The normalized spacial score (nSPS) is 12.2. The van der Waals surface area contributed by atoms with Gasteiger partial charge in [-0.15, -0.1) is 0 Å². The minimum Gasteiger partial charge on any atom is -0.308 e. The Morgan fingerprint density at radius 1 is 0.306 bits per heavy atom. The fraction of sp³-hybridized carbons (Fsp3) is 0. The maximum absolute atomic E-state index is 5.56. The van der Waals surface area contributed by atoms with Gasteiger partial charge in [0.1, 0.15) is 0 Å². The topological polar surface area (TPSA) is 48.5 Å². The van der Waals surface area contributed by atoms with Crippen LogP contribution in [0.25, 0.3) is 133 Å². The molecule has 286 valence electrons. The van der Waals surface area contributed by atoms with Crippen molar-refractivity contribution < 1.29 is 0 Å². The molecule has 0 atom stereocenters. The number of benzene rings is 10. The molecule has 1 aliphatic rings. The average Bonchev–Trinajstić information content (AvgIpc) is 3.81. The van der Waals surface area contributed by atoms with Gasteiger partial charge in [-0.05, 0) is 73.8 Å². The van der Waals surface area contributed by atoms with Crippen molar-refractivity contribution in [2.75, 3.05) is 0 Å². The third kappa shape index (κ3) is 4.54. The molecule has 0 amide bonds. The van der Waals surface area contributed by atoms with Crippen LogP contribution in [0.1, 0.15) is 0 Å². The number of nitrogens with zero attached hydrogens (tertiary/aromatic N) is 5. The SMILES string of the molecule is c1ccc2c(c1)-c1ccccc1-n1c3ccccc3c3cc4c(c-2c31)c1ccccc1n4-c1nc(-c2cccc3ccccc23)nc(-c2cc3ccccc3c3ccccc23)n1. The van der Waals surface area contributed by atoms with Gasteiger partial charge in [0.2, 0.25) is 5.95 Å². The highest BCUT2D eigenvalue weighted by Crippen LogP contribution is 2.51. The van der Waals surface area contributed by atoms with Crippen LogP contribution in [0.4, 0.5) is 0 Å². The van der Waals surface area contributed by atoms with Gasteiger partial charge in [0, 0.05) is 43.8 Å². The van der Waals surface area contributed by atoms with Crippen LogP contribution in [0.3, 0.4) is 0 Å². The quantitative estimate of drug-likeness (QED) is 0.168. The lowest BCUT2D eigenvalue weighted by Crippen LogP contribution is -2.07. The Morgan fingerprint density at radius 2 is 0.871 bits per heavy atom. The molecule has 0 spiro atoms. The Balaban J connectivity index is 1.17. The molecule has 10 aromatic carbocycles. The first-order valence-electron chi connectivity index (χ1n) is 21.1. The monoisotopic (exact) mass is 787 g/mol. The van der Waals surface area contributed by atoms with Crippen molar-refractivity contribution in [3.8, 4) is 56.7 Å². The van der Waals surface area contributed by atoms with Gasteiger partial charge in [-0.3, -0.25) is 4.57 Å². The highest BCUT2D eigenvalue weighted by Gasteiger charge is 2.29. The number of aromatic nitrogens is 5. The second kappa shape index (κ2) is 12.6. The van der Waals surface area contributed by atoms with Gasteiger partial charge in [-0.25, -0.2) is 4.98 Å². The molecule has 3 aromatic heterocycles. The molecule has 0 unspecified atom stereocenters. The molecule has 4 heterocycles. The number of rotatable bonds is 3. The lowest BCUT2D eigenvalue weighted by molar-refractivity contribution is 0.955. The Hall–Kier alpha value is -8.41. The summed E-state index contributed by atoms with van der Waals surface area (Å²) in [6, 6.07) is 72.0. The first kappa shape index (κ1) is 33.4. The van der Waals surface area contributed by atoms with Crippen LogP contribution >= 0.6 is 0 Å². The molecular weight excluding hydrogens is 755 g/mol. The lowest BCUT2D eigenvalue weighted by atomic mass is 9.91. The molecular formula is C57H33N5. The van der Waals surface area contributed by atoms with Gasteiger partial charge >= 0.3 is 0 Å². The number of hydrogen-bond donors (Lipinski definition) is 0. The van der Waals surface area contributed by atoms with Crippen molar-refractivity contribution in [1.29, 1.82) is 0 Å². The molecule has 5 heteroatoms. The summed E-state index contributed by atoms with van der Waals surface area (Å²) in [6.07, 6.45) is 0. The molecule has 0 fully saturated rings. The molecule has 0 saturated carbocycles. The highest BCUT2D eigenvalue weighted by molar-refractivity contribution is 6.28. The Morgan fingerprint density at radius 3 is 1.69 bits per heavy atom. The van der Waals surface area contributed by atoms with Gasteiger partial charge in [0.15, 0.2) is 11.6 Å². The zero-order chi connectivity index (χ0) is 40.5. The second-order valence-electron chi connectivity index (χ2n) is 16.3. The van der Waals surface area contributed by atoms with Gasteiger partial charge < -0.3 is 4.57 Å². The molecule has 13 aromatic rings. The molecule has 0 saturated heterocycles. The fourth-order valence-corrected chi connectivity index (χ4v) is 10.5. The maximum atomic E-state index is 5.56. The van der Waals surface area contributed by atoms with Gasteiger partial charge in [0.05, 0.1) is 27.8 Å². The first-order valence-corrected chi connectivity index (χ1v) is 21.1. The van der Waals surface area contributed by atoms with Crippen molar-refractivity contribution in [1.82, 2.24) is 24.1 Å². The summed E-state index contributed by atoms with van der Waals surface area (Å²) in [6.45, 7) is 0. The van der Waals surface area contributed by atoms with E-state index in [1.807, 2.05) is 0 Å². The van der Waals surface area contributed by atoms with Gasteiger partial charge in [-0.2, -0.15) is 9.97 Å². The van der Waals surface area contributed by atoms with E-state index in [0.29, 0.717) is 17.6 Å². The molecule has 0 N–H and O–H groups in total. The smallest absolute Gasteiger partial charge is 0.238 e. The van der Waals surface area contributed by atoms with Crippen LogP contribution in [0, 0.1) is 0 Å². The summed E-state index contributed by atoms with van der Waals surface area (Å²) >= 11 is 0. The summed E-state index contributed by atoms with van der Waals surface area (Å²) < 4.78 is 4.78. The summed E-state index contributed by atoms with van der Waals surface area (Å²) in [7, 11) is 0. The van der Waals surface area contributed by atoms with Crippen LogP contribution in [0.15, 0.2) is 200 Å². The van der Waals surface area contributed by atoms with Crippen LogP contribution in [-0.2, 0) is 0 Å². The zero-order valence-corrected chi connectivity index (χ0v) is 33.3. The van der Waals surface area contributed by atoms with Gasteiger partial charge in [0.25, 0.3) is 0 Å². The van der Waals surface area contributed by atoms with Crippen molar-refractivity contribution >= 4 is 75.9 Å². The third-order valence-electron chi connectivity index (χ3n) is 13.1. The van der Waals surface area contributed by atoms with E-state index in [0.717, 1.165) is 49.1 Å². The van der Waals surface area contributed by atoms with Crippen molar-refractivity contribution in [2.45, 2.75) is 0 Å². The van der Waals surface area contributed by atoms with Crippen molar-refractivity contribution in [3.05, 3.63) is 200 Å². The predicted octanol–water partition coefficient (Wildman–Crippen LogP) is 14.5. The van der Waals surface area contributed by atoms with Crippen LogP contribution in [0.2, 0.25) is 0 Å². The summed E-state index contributed by atoms with van der Waals surface area (Å²) in [4.78, 5) is 16.5. The van der Waals surface area contributed by atoms with E-state index in [1.165, 1.54) is 65.9 Å². The highest BCUT2D eigenvalue weighted by atomic mass is 15.2. The molecule has 14 rings (SSSR count). The third-order valence-corrected chi connectivity index (χ3v) is 13.1. The van der Waals surface area contributed by atoms with E-state index >= 15 is 0 Å². The van der Waals surface area contributed by atoms with Gasteiger partial charge in [-0.1, -0.05) is 170 Å². The molecule has 0 bridgehead atoms. The van der Waals surface area contributed by atoms with E-state index in [1.54, 1.807) is 0 Å². The van der Waals surface area contributed by atoms with Crippen LogP contribution in [-0.4, -0.2) is 24.1 Å². The van der Waals surface area contributed by atoms with E-state index < -0.39 is 0 Å². The second-order valence-corrected chi connectivity index (χ2v) is 16.3. The van der Waals surface area contributed by atoms with Crippen molar-refractivity contribution in [3.63, 3.8) is 0 Å². The van der Waals surface area contributed by atoms with Crippen LogP contribution in [0.5, 0.6) is 0 Å². The maximum Gasteiger partial charge on any atom is 0.238 e. The number of fused-ring (bicyclic) bond motifs is 16. The minimum atomic E-state index is 0.571. The van der Waals surface area contributed by atoms with Crippen LogP contribution < -0.4 is 0 Å². The largest absolute Gasteiger partial charge is 0.308 e. The predicted molar refractivity (Wildman–Crippen MR) is 256 cm³/mol. The Labute approximate surface area is 355 Å². The van der Waals surface area contributed by atoms with E-state index in [2.05, 4.69) is 209 Å². The summed E-state index contributed by atoms with van der Waals surface area (Å²) in [5, 5.41) is 11.5. The molecule has 5 nitrogen and oxygen atoms in total. The minimum absolute atomic E-state index is 0.571. The number of hydrogen-bond acceptors (Lipinski definition) is 3. The zero-order valence-electron chi connectivity index (χ0n) is 33.3. The van der Waals surface area contributed by atoms with E-state index in [4.69, 9.17) is 15.0 Å². The first-order chi connectivity index (χ1) is 30.8. The molecule has 0 radical (unpaired) electrons. The Kier molecular flexibility index (Phi) is 6.77. The molecule has 62 heavy (non-hydrogen) atoms.